The van der Waals surface area contributed by atoms with E-state index in [9.17, 15) is 4.79 Å². The van der Waals surface area contributed by atoms with Gasteiger partial charge >= 0.3 is 0 Å². The van der Waals surface area contributed by atoms with Crippen molar-refractivity contribution in [2.45, 2.75) is 13.8 Å². The van der Waals surface area contributed by atoms with Gasteiger partial charge < -0.3 is 15.5 Å². The number of hydrogen-bond acceptors (Lipinski definition) is 5. The standard InChI is InChI=1S/C17H23N5O/c1-12-5-6-13(2)14(9-12)21-16-11-19-15(10-20-16)17(23)18-7-8-22(3)4/h5-6,9-11H,7-8H2,1-4H3,(H,18,23)(H,20,21). The second-order valence-electron chi connectivity index (χ2n) is 5.79. The number of amides is 1. The van der Waals surface area contributed by atoms with E-state index in [0.29, 0.717) is 18.1 Å². The van der Waals surface area contributed by atoms with Crippen LogP contribution in [-0.4, -0.2) is 48.0 Å². The van der Waals surface area contributed by atoms with Gasteiger partial charge in [-0.1, -0.05) is 12.1 Å². The molecule has 0 fully saturated rings. The Morgan fingerprint density at radius 3 is 2.61 bits per heavy atom. The first-order chi connectivity index (χ1) is 11.0. The van der Waals surface area contributed by atoms with Gasteiger partial charge in [0, 0.05) is 18.8 Å². The van der Waals surface area contributed by atoms with Crippen molar-refractivity contribution >= 4 is 17.4 Å². The summed E-state index contributed by atoms with van der Waals surface area (Å²) in [6, 6.07) is 6.17. The molecule has 0 saturated carbocycles. The lowest BCUT2D eigenvalue weighted by Gasteiger charge is -2.11. The average molecular weight is 313 g/mol. The molecule has 122 valence electrons. The number of hydrogen-bond donors (Lipinski definition) is 2. The Labute approximate surface area is 137 Å². The van der Waals surface area contributed by atoms with Crippen molar-refractivity contribution in [3.05, 3.63) is 47.4 Å². The van der Waals surface area contributed by atoms with E-state index in [4.69, 9.17) is 0 Å². The summed E-state index contributed by atoms with van der Waals surface area (Å²) in [6.45, 7) is 5.43. The highest BCUT2D eigenvalue weighted by Crippen LogP contribution is 2.20. The molecule has 0 unspecified atom stereocenters. The molecule has 1 aromatic heterocycles. The minimum atomic E-state index is -0.211. The maximum absolute atomic E-state index is 11.9. The summed E-state index contributed by atoms with van der Waals surface area (Å²) in [4.78, 5) is 22.4. The van der Waals surface area contributed by atoms with Crippen LogP contribution in [0.3, 0.4) is 0 Å². The van der Waals surface area contributed by atoms with Crippen LogP contribution in [0.15, 0.2) is 30.6 Å². The van der Waals surface area contributed by atoms with Crippen molar-refractivity contribution in [1.82, 2.24) is 20.2 Å². The first kappa shape index (κ1) is 16.9. The topological polar surface area (TPSA) is 70.2 Å². The van der Waals surface area contributed by atoms with Gasteiger partial charge in [-0.25, -0.2) is 9.97 Å². The number of carbonyl (C=O) groups is 1. The zero-order valence-corrected chi connectivity index (χ0v) is 14.1. The third kappa shape index (κ3) is 5.03. The Kier molecular flexibility index (Phi) is 5.65. The molecular formula is C17H23N5O. The van der Waals surface area contributed by atoms with Gasteiger partial charge in [0.15, 0.2) is 0 Å². The highest BCUT2D eigenvalue weighted by molar-refractivity contribution is 5.92. The quantitative estimate of drug-likeness (QED) is 0.855. The molecule has 0 aliphatic carbocycles. The van der Waals surface area contributed by atoms with Crippen molar-refractivity contribution in [2.24, 2.45) is 0 Å². The number of rotatable bonds is 6. The molecular weight excluding hydrogens is 290 g/mol. The summed E-state index contributed by atoms with van der Waals surface area (Å²) in [5.74, 6) is 0.404. The number of benzene rings is 1. The molecule has 0 atom stereocenters. The third-order valence-corrected chi connectivity index (χ3v) is 3.38. The van der Waals surface area contributed by atoms with Crippen LogP contribution in [0, 0.1) is 13.8 Å². The van der Waals surface area contributed by atoms with Crippen molar-refractivity contribution in [1.29, 1.82) is 0 Å². The summed E-state index contributed by atoms with van der Waals surface area (Å²) in [7, 11) is 3.92. The van der Waals surface area contributed by atoms with Gasteiger partial charge in [0.25, 0.3) is 5.91 Å². The number of nitrogens with one attached hydrogen (secondary N) is 2. The molecule has 6 heteroatoms. The van der Waals surface area contributed by atoms with Crippen molar-refractivity contribution in [3.8, 4) is 0 Å². The number of carbonyl (C=O) groups excluding carboxylic acids is 1. The molecule has 0 spiro atoms. The lowest BCUT2D eigenvalue weighted by atomic mass is 10.1. The number of likely N-dealkylation sites (N-methyl/N-ethyl adjacent to an activating group) is 1. The fourth-order valence-electron chi connectivity index (χ4n) is 2.00. The SMILES string of the molecule is Cc1ccc(C)c(Nc2cnc(C(=O)NCCN(C)C)cn2)c1. The second-order valence-corrected chi connectivity index (χ2v) is 5.79. The first-order valence-corrected chi connectivity index (χ1v) is 7.55. The maximum atomic E-state index is 11.9. The van der Waals surface area contributed by atoms with Crippen LogP contribution >= 0.6 is 0 Å². The molecule has 23 heavy (non-hydrogen) atoms. The van der Waals surface area contributed by atoms with Gasteiger partial charge in [-0.05, 0) is 45.1 Å². The number of nitrogens with zero attached hydrogens (tertiary/aromatic N) is 3. The van der Waals surface area contributed by atoms with Crippen molar-refractivity contribution < 1.29 is 4.79 Å². The summed E-state index contributed by atoms with van der Waals surface area (Å²) in [5.41, 5.74) is 3.60. The first-order valence-electron chi connectivity index (χ1n) is 7.55. The molecule has 0 aliphatic heterocycles. The van der Waals surface area contributed by atoms with Gasteiger partial charge in [0.05, 0.1) is 12.4 Å². The van der Waals surface area contributed by atoms with E-state index < -0.39 is 0 Å². The Balaban J connectivity index is 1.99. The van der Waals surface area contributed by atoms with E-state index in [0.717, 1.165) is 17.8 Å². The van der Waals surface area contributed by atoms with Crippen LogP contribution in [0.5, 0.6) is 0 Å². The summed E-state index contributed by atoms with van der Waals surface area (Å²) < 4.78 is 0. The summed E-state index contributed by atoms with van der Waals surface area (Å²) in [5, 5.41) is 6.04. The average Bonchev–Trinajstić information content (AvgIpc) is 2.51. The van der Waals surface area contributed by atoms with Crippen LogP contribution in [0.1, 0.15) is 21.6 Å². The maximum Gasteiger partial charge on any atom is 0.271 e. The van der Waals surface area contributed by atoms with Gasteiger partial charge in [0.2, 0.25) is 0 Å². The molecule has 2 rings (SSSR count). The van der Waals surface area contributed by atoms with Gasteiger partial charge in [-0.2, -0.15) is 0 Å². The molecule has 1 amide bonds. The zero-order valence-electron chi connectivity index (χ0n) is 14.1. The fraction of sp³-hybridized carbons (Fsp3) is 0.353. The van der Waals surface area contributed by atoms with E-state index >= 15 is 0 Å². The molecule has 1 heterocycles. The van der Waals surface area contributed by atoms with Crippen LogP contribution in [0.4, 0.5) is 11.5 Å². The molecule has 0 radical (unpaired) electrons. The highest BCUT2D eigenvalue weighted by atomic mass is 16.1. The van der Waals surface area contributed by atoms with E-state index in [1.807, 2.05) is 32.8 Å². The third-order valence-electron chi connectivity index (χ3n) is 3.38. The van der Waals surface area contributed by atoms with E-state index in [-0.39, 0.29) is 5.91 Å². The van der Waals surface area contributed by atoms with Gasteiger partial charge in [-0.3, -0.25) is 4.79 Å². The Bertz CT molecular complexity index is 667. The Morgan fingerprint density at radius 1 is 1.17 bits per heavy atom. The lowest BCUT2D eigenvalue weighted by Crippen LogP contribution is -2.31. The van der Waals surface area contributed by atoms with Crippen molar-refractivity contribution in [3.63, 3.8) is 0 Å². The minimum Gasteiger partial charge on any atom is -0.349 e. The summed E-state index contributed by atoms with van der Waals surface area (Å²) in [6.07, 6.45) is 3.06. The van der Waals surface area contributed by atoms with E-state index in [2.05, 4.69) is 38.8 Å². The molecule has 6 nitrogen and oxygen atoms in total. The van der Waals surface area contributed by atoms with E-state index in [1.165, 1.54) is 11.8 Å². The minimum absolute atomic E-state index is 0.211. The number of anilines is 2. The fourth-order valence-corrected chi connectivity index (χ4v) is 2.00. The molecule has 0 aliphatic rings. The number of aryl methyl sites for hydroxylation is 2. The lowest BCUT2D eigenvalue weighted by molar-refractivity contribution is 0.0945. The van der Waals surface area contributed by atoms with Crippen LogP contribution in [0.2, 0.25) is 0 Å². The molecule has 2 aromatic rings. The van der Waals surface area contributed by atoms with E-state index in [1.54, 1.807) is 6.20 Å². The van der Waals surface area contributed by atoms with Crippen LogP contribution in [-0.2, 0) is 0 Å². The normalized spacial score (nSPS) is 10.7. The Hall–Kier alpha value is -2.47. The molecule has 1 aromatic carbocycles. The van der Waals surface area contributed by atoms with Gasteiger partial charge in [0.1, 0.15) is 11.5 Å². The zero-order chi connectivity index (χ0) is 16.8. The highest BCUT2D eigenvalue weighted by Gasteiger charge is 2.08. The smallest absolute Gasteiger partial charge is 0.271 e. The molecule has 0 saturated heterocycles. The Morgan fingerprint density at radius 2 is 1.96 bits per heavy atom. The predicted molar refractivity (Wildman–Crippen MR) is 92.1 cm³/mol. The van der Waals surface area contributed by atoms with Crippen LogP contribution in [0.25, 0.3) is 0 Å². The molecule has 0 bridgehead atoms. The van der Waals surface area contributed by atoms with Crippen LogP contribution < -0.4 is 10.6 Å². The monoisotopic (exact) mass is 313 g/mol. The van der Waals surface area contributed by atoms with Gasteiger partial charge in [-0.15, -0.1) is 0 Å². The largest absolute Gasteiger partial charge is 0.349 e. The summed E-state index contributed by atoms with van der Waals surface area (Å²) >= 11 is 0. The molecule has 2 N–H and O–H groups in total. The second kappa shape index (κ2) is 7.69. The van der Waals surface area contributed by atoms with Crippen molar-refractivity contribution in [2.75, 3.05) is 32.5 Å². The number of aromatic nitrogens is 2. The predicted octanol–water partition coefficient (Wildman–Crippen LogP) is 2.13.